The maximum atomic E-state index is 10.5. The summed E-state index contributed by atoms with van der Waals surface area (Å²) in [6.45, 7) is 0.563. The lowest BCUT2D eigenvalue weighted by molar-refractivity contribution is -0.137. The largest absolute Gasteiger partial charge is 0.489 e. The number of rotatable bonds is 10. The molecule has 0 aliphatic rings. The highest BCUT2D eigenvalue weighted by Gasteiger charge is 2.01. The maximum absolute atomic E-state index is 10.5. The van der Waals surface area contributed by atoms with Gasteiger partial charge in [0.2, 0.25) is 0 Å². The first kappa shape index (κ1) is 19.0. The van der Waals surface area contributed by atoms with Gasteiger partial charge in [-0.25, -0.2) is 0 Å². The summed E-state index contributed by atoms with van der Waals surface area (Å²) in [4.78, 5) is 10.5. The van der Waals surface area contributed by atoms with Crippen molar-refractivity contribution in [2.45, 2.75) is 45.1 Å². The normalized spacial score (nSPS) is 10.8. The van der Waals surface area contributed by atoms with Gasteiger partial charge in [-0.3, -0.25) is 4.79 Å². The second kappa shape index (κ2) is 9.77. The minimum atomic E-state index is -0.700. The lowest BCUT2D eigenvalue weighted by Crippen LogP contribution is -1.96. The molecule has 3 heteroatoms. The highest BCUT2D eigenvalue weighted by Crippen LogP contribution is 2.19. The van der Waals surface area contributed by atoms with Crippen molar-refractivity contribution in [3.05, 3.63) is 77.9 Å². The number of carboxylic acids is 1. The lowest BCUT2D eigenvalue weighted by atomic mass is 10.1. The summed E-state index contributed by atoms with van der Waals surface area (Å²) >= 11 is 0. The molecule has 0 heterocycles. The Kier molecular flexibility index (Phi) is 6.86. The standard InChI is InChI=1S/C24H26O3/c25-24(26)10-4-2-1-3-7-19-12-15-23(16-13-19)27-18-20-11-14-21-8-5-6-9-22(21)17-20/h5-6,8-9,11-17H,1-4,7,10,18H2,(H,25,26). The van der Waals surface area contributed by atoms with Crippen molar-refractivity contribution in [2.75, 3.05) is 0 Å². The number of hydrogen-bond acceptors (Lipinski definition) is 2. The summed E-state index contributed by atoms with van der Waals surface area (Å²) in [5.41, 5.74) is 2.46. The number of carboxylic acid groups (broad SMARTS) is 1. The molecule has 140 valence electrons. The second-order valence-electron chi connectivity index (χ2n) is 6.92. The van der Waals surface area contributed by atoms with Crippen LogP contribution in [0.3, 0.4) is 0 Å². The zero-order valence-corrected chi connectivity index (χ0v) is 15.6. The minimum absolute atomic E-state index is 0.281. The van der Waals surface area contributed by atoms with Crippen molar-refractivity contribution in [3.63, 3.8) is 0 Å². The third-order valence-corrected chi connectivity index (χ3v) is 4.75. The molecule has 0 saturated heterocycles. The lowest BCUT2D eigenvalue weighted by Gasteiger charge is -2.08. The Morgan fingerprint density at radius 2 is 1.48 bits per heavy atom. The Morgan fingerprint density at radius 3 is 2.26 bits per heavy atom. The topological polar surface area (TPSA) is 46.5 Å². The summed E-state index contributed by atoms with van der Waals surface area (Å²) in [7, 11) is 0. The fourth-order valence-electron chi connectivity index (χ4n) is 3.21. The summed E-state index contributed by atoms with van der Waals surface area (Å²) < 4.78 is 5.92. The first-order valence-corrected chi connectivity index (χ1v) is 9.62. The van der Waals surface area contributed by atoms with E-state index >= 15 is 0 Å². The van der Waals surface area contributed by atoms with Gasteiger partial charge in [0.05, 0.1) is 0 Å². The van der Waals surface area contributed by atoms with E-state index in [0.717, 1.165) is 37.9 Å². The van der Waals surface area contributed by atoms with Crippen molar-refractivity contribution >= 4 is 16.7 Å². The van der Waals surface area contributed by atoms with Gasteiger partial charge >= 0.3 is 5.97 Å². The summed E-state index contributed by atoms with van der Waals surface area (Å²) in [6, 6.07) is 23.1. The predicted octanol–water partition coefficient (Wildman–Crippen LogP) is 6.00. The fourth-order valence-corrected chi connectivity index (χ4v) is 3.21. The molecular formula is C24H26O3. The van der Waals surface area contributed by atoms with E-state index in [1.807, 2.05) is 12.1 Å². The fraction of sp³-hybridized carbons (Fsp3) is 0.292. The highest BCUT2D eigenvalue weighted by atomic mass is 16.5. The average molecular weight is 362 g/mol. The van der Waals surface area contributed by atoms with Crippen LogP contribution >= 0.6 is 0 Å². The number of unbranched alkanes of at least 4 members (excludes halogenated alkanes) is 3. The number of carbonyl (C=O) groups is 1. The average Bonchev–Trinajstić information content (AvgIpc) is 2.69. The van der Waals surface area contributed by atoms with Crippen molar-refractivity contribution < 1.29 is 14.6 Å². The van der Waals surface area contributed by atoms with E-state index in [0.29, 0.717) is 6.61 Å². The molecule has 0 unspecified atom stereocenters. The number of ether oxygens (including phenoxy) is 1. The van der Waals surface area contributed by atoms with Crippen LogP contribution in [-0.4, -0.2) is 11.1 Å². The van der Waals surface area contributed by atoms with Gasteiger partial charge in [0.25, 0.3) is 0 Å². The van der Waals surface area contributed by atoms with E-state index in [1.54, 1.807) is 0 Å². The molecule has 0 bridgehead atoms. The molecule has 3 aromatic carbocycles. The van der Waals surface area contributed by atoms with Crippen molar-refractivity contribution in [1.29, 1.82) is 0 Å². The quantitative estimate of drug-likeness (QED) is 0.450. The third kappa shape index (κ3) is 6.14. The van der Waals surface area contributed by atoms with Crippen LogP contribution in [0.2, 0.25) is 0 Å². The molecular weight excluding hydrogens is 336 g/mol. The zero-order valence-electron chi connectivity index (χ0n) is 15.6. The number of benzene rings is 3. The Morgan fingerprint density at radius 1 is 0.778 bits per heavy atom. The molecule has 3 rings (SSSR count). The van der Waals surface area contributed by atoms with E-state index in [4.69, 9.17) is 9.84 Å². The number of aryl methyl sites for hydroxylation is 1. The number of fused-ring (bicyclic) bond motifs is 1. The monoisotopic (exact) mass is 362 g/mol. The smallest absolute Gasteiger partial charge is 0.303 e. The maximum Gasteiger partial charge on any atom is 0.303 e. The molecule has 0 aliphatic carbocycles. The molecule has 0 radical (unpaired) electrons. The van der Waals surface area contributed by atoms with Crippen LogP contribution in [0.25, 0.3) is 10.8 Å². The Bertz CT molecular complexity index is 868. The van der Waals surface area contributed by atoms with Crippen molar-refractivity contribution in [2.24, 2.45) is 0 Å². The molecule has 0 saturated carbocycles. The molecule has 0 aromatic heterocycles. The van der Waals surface area contributed by atoms with Gasteiger partial charge in [0, 0.05) is 6.42 Å². The van der Waals surface area contributed by atoms with Crippen LogP contribution in [0.1, 0.15) is 43.2 Å². The van der Waals surface area contributed by atoms with Crippen molar-refractivity contribution in [3.8, 4) is 5.75 Å². The van der Waals surface area contributed by atoms with E-state index < -0.39 is 5.97 Å². The van der Waals surface area contributed by atoms with E-state index in [9.17, 15) is 4.79 Å². The van der Waals surface area contributed by atoms with E-state index in [-0.39, 0.29) is 6.42 Å². The summed E-state index contributed by atoms with van der Waals surface area (Å²) in [5, 5.41) is 11.1. The van der Waals surface area contributed by atoms with Crippen molar-refractivity contribution in [1.82, 2.24) is 0 Å². The molecule has 0 spiro atoms. The molecule has 0 atom stereocenters. The summed E-state index contributed by atoms with van der Waals surface area (Å²) in [5.74, 6) is 0.183. The number of aliphatic carboxylic acids is 1. The first-order chi connectivity index (χ1) is 13.2. The van der Waals surface area contributed by atoms with Gasteiger partial charge in [-0.1, -0.05) is 61.4 Å². The molecule has 0 amide bonds. The van der Waals surface area contributed by atoms with Gasteiger partial charge < -0.3 is 9.84 Å². The van der Waals surface area contributed by atoms with E-state index in [1.165, 1.54) is 21.9 Å². The van der Waals surface area contributed by atoms with Crippen LogP contribution in [0.4, 0.5) is 0 Å². The molecule has 1 N–H and O–H groups in total. The Labute approximate surface area is 160 Å². The van der Waals surface area contributed by atoms with E-state index in [2.05, 4.69) is 54.6 Å². The van der Waals surface area contributed by atoms with Gasteiger partial charge in [0.1, 0.15) is 12.4 Å². The van der Waals surface area contributed by atoms with Gasteiger partial charge in [0.15, 0.2) is 0 Å². The van der Waals surface area contributed by atoms with Gasteiger partial charge in [-0.15, -0.1) is 0 Å². The second-order valence-corrected chi connectivity index (χ2v) is 6.92. The molecule has 3 aromatic rings. The van der Waals surface area contributed by atoms with Crippen LogP contribution in [-0.2, 0) is 17.8 Å². The van der Waals surface area contributed by atoms with Gasteiger partial charge in [-0.2, -0.15) is 0 Å². The highest BCUT2D eigenvalue weighted by molar-refractivity contribution is 5.82. The van der Waals surface area contributed by atoms with Crippen LogP contribution in [0.5, 0.6) is 5.75 Å². The first-order valence-electron chi connectivity index (χ1n) is 9.62. The molecule has 3 nitrogen and oxygen atoms in total. The van der Waals surface area contributed by atoms with Crippen LogP contribution in [0.15, 0.2) is 66.7 Å². The number of hydrogen-bond donors (Lipinski definition) is 1. The summed E-state index contributed by atoms with van der Waals surface area (Å²) in [6.07, 6.45) is 5.24. The minimum Gasteiger partial charge on any atom is -0.489 e. The van der Waals surface area contributed by atoms with Crippen LogP contribution < -0.4 is 4.74 Å². The SMILES string of the molecule is O=C(O)CCCCCCc1ccc(OCc2ccc3ccccc3c2)cc1. The van der Waals surface area contributed by atoms with Crippen LogP contribution in [0, 0.1) is 0 Å². The molecule has 27 heavy (non-hydrogen) atoms. The Hall–Kier alpha value is -2.81. The zero-order chi connectivity index (χ0) is 18.9. The third-order valence-electron chi connectivity index (χ3n) is 4.75. The van der Waals surface area contributed by atoms with Gasteiger partial charge in [-0.05, 0) is 59.4 Å². The molecule has 0 aliphatic heterocycles. The Balaban J connectivity index is 1.42. The predicted molar refractivity (Wildman–Crippen MR) is 109 cm³/mol. The molecule has 0 fully saturated rings.